The number of para-hydroxylation sites is 1. The summed E-state index contributed by atoms with van der Waals surface area (Å²) in [5, 5.41) is 3.92. The molecule has 0 saturated heterocycles. The average Bonchev–Trinajstić information content (AvgIpc) is 2.97. The van der Waals surface area contributed by atoms with Crippen LogP contribution in [0.3, 0.4) is 0 Å². The molecule has 5 nitrogen and oxygen atoms in total. The van der Waals surface area contributed by atoms with Gasteiger partial charge in [0, 0.05) is 25.2 Å². The summed E-state index contributed by atoms with van der Waals surface area (Å²) in [4.78, 5) is 20.8. The lowest BCUT2D eigenvalue weighted by molar-refractivity contribution is 0.0953. The SMILES string of the molecule is CC(C)Oc1ccc(C(=O)NCCc2nc3ccccc3s2)cn1. The van der Waals surface area contributed by atoms with Crippen LogP contribution in [0.4, 0.5) is 0 Å². The molecule has 1 amide bonds. The molecule has 0 unspecified atom stereocenters. The van der Waals surface area contributed by atoms with E-state index in [0.717, 1.165) is 10.5 Å². The molecule has 0 aliphatic heterocycles. The van der Waals surface area contributed by atoms with E-state index >= 15 is 0 Å². The first kappa shape index (κ1) is 16.4. The molecular formula is C18H19N3O2S. The molecule has 2 aromatic heterocycles. The van der Waals surface area contributed by atoms with Crippen molar-refractivity contribution in [1.29, 1.82) is 0 Å². The van der Waals surface area contributed by atoms with E-state index in [4.69, 9.17) is 4.74 Å². The number of carbonyl (C=O) groups is 1. The molecule has 1 aromatic carbocycles. The molecule has 0 radical (unpaired) electrons. The Labute approximate surface area is 144 Å². The van der Waals surface area contributed by atoms with Crippen LogP contribution in [0, 0.1) is 0 Å². The molecule has 3 aromatic rings. The van der Waals surface area contributed by atoms with E-state index in [2.05, 4.69) is 21.4 Å². The molecule has 3 rings (SSSR count). The first-order valence-electron chi connectivity index (χ1n) is 7.87. The van der Waals surface area contributed by atoms with Crippen molar-refractivity contribution in [1.82, 2.24) is 15.3 Å². The average molecular weight is 341 g/mol. The van der Waals surface area contributed by atoms with Gasteiger partial charge in [-0.15, -0.1) is 11.3 Å². The third-order valence-corrected chi connectivity index (χ3v) is 4.41. The summed E-state index contributed by atoms with van der Waals surface area (Å²) in [6.07, 6.45) is 2.31. The van der Waals surface area contributed by atoms with Gasteiger partial charge >= 0.3 is 0 Å². The van der Waals surface area contributed by atoms with Crippen molar-refractivity contribution in [2.45, 2.75) is 26.4 Å². The first-order chi connectivity index (χ1) is 11.6. The molecule has 6 heteroatoms. The molecular weight excluding hydrogens is 322 g/mol. The highest BCUT2D eigenvalue weighted by atomic mass is 32.1. The number of thiazole rings is 1. The van der Waals surface area contributed by atoms with Gasteiger partial charge in [0.05, 0.1) is 26.9 Å². The van der Waals surface area contributed by atoms with Gasteiger partial charge in [-0.2, -0.15) is 0 Å². The summed E-state index contributed by atoms with van der Waals surface area (Å²) >= 11 is 1.66. The molecule has 0 fully saturated rings. The fourth-order valence-electron chi connectivity index (χ4n) is 2.24. The zero-order valence-corrected chi connectivity index (χ0v) is 14.5. The largest absolute Gasteiger partial charge is 0.475 e. The summed E-state index contributed by atoms with van der Waals surface area (Å²) in [5.74, 6) is 0.385. The standard InChI is InChI=1S/C18H19N3O2S/c1-12(2)23-16-8-7-13(11-20-16)18(22)19-10-9-17-21-14-5-3-4-6-15(14)24-17/h3-8,11-12H,9-10H2,1-2H3,(H,19,22). The number of fused-ring (bicyclic) bond motifs is 1. The fraction of sp³-hybridized carbons (Fsp3) is 0.278. The third-order valence-electron chi connectivity index (χ3n) is 3.32. The topological polar surface area (TPSA) is 64.1 Å². The second kappa shape index (κ2) is 7.40. The minimum Gasteiger partial charge on any atom is -0.475 e. The van der Waals surface area contributed by atoms with E-state index in [9.17, 15) is 4.79 Å². The molecule has 24 heavy (non-hydrogen) atoms. The maximum absolute atomic E-state index is 12.1. The third kappa shape index (κ3) is 4.08. The van der Waals surface area contributed by atoms with Gasteiger partial charge in [-0.25, -0.2) is 9.97 Å². The number of aromatic nitrogens is 2. The van der Waals surface area contributed by atoms with Gasteiger partial charge < -0.3 is 10.1 Å². The van der Waals surface area contributed by atoms with Gasteiger partial charge in [0.25, 0.3) is 5.91 Å². The number of nitrogens with one attached hydrogen (secondary N) is 1. The van der Waals surface area contributed by atoms with Crippen molar-refractivity contribution < 1.29 is 9.53 Å². The van der Waals surface area contributed by atoms with Gasteiger partial charge in [0.1, 0.15) is 0 Å². The van der Waals surface area contributed by atoms with Crippen molar-refractivity contribution in [3.05, 3.63) is 53.2 Å². The lowest BCUT2D eigenvalue weighted by Crippen LogP contribution is -2.25. The summed E-state index contributed by atoms with van der Waals surface area (Å²) in [6, 6.07) is 11.5. The van der Waals surface area contributed by atoms with Crippen LogP contribution in [-0.2, 0) is 6.42 Å². The van der Waals surface area contributed by atoms with Crippen molar-refractivity contribution in [2.75, 3.05) is 6.54 Å². The molecule has 0 bridgehead atoms. The Kier molecular flexibility index (Phi) is 5.05. The van der Waals surface area contributed by atoms with Crippen molar-refractivity contribution in [2.24, 2.45) is 0 Å². The second-order valence-corrected chi connectivity index (χ2v) is 6.75. The van der Waals surface area contributed by atoms with Gasteiger partial charge in [0.15, 0.2) is 0 Å². The van der Waals surface area contributed by atoms with Crippen LogP contribution in [0.5, 0.6) is 5.88 Å². The van der Waals surface area contributed by atoms with Crippen LogP contribution in [0.15, 0.2) is 42.6 Å². The minimum absolute atomic E-state index is 0.0611. The number of nitrogens with zero attached hydrogens (tertiary/aromatic N) is 2. The quantitative estimate of drug-likeness (QED) is 0.746. The fourth-order valence-corrected chi connectivity index (χ4v) is 3.20. The van der Waals surface area contributed by atoms with Gasteiger partial charge in [-0.05, 0) is 32.0 Å². The maximum atomic E-state index is 12.1. The highest BCUT2D eigenvalue weighted by Gasteiger charge is 2.08. The lowest BCUT2D eigenvalue weighted by Gasteiger charge is -2.09. The first-order valence-corrected chi connectivity index (χ1v) is 8.69. The molecule has 0 aliphatic rings. The number of rotatable bonds is 6. The predicted octanol–water partition coefficient (Wildman–Crippen LogP) is 3.45. The van der Waals surface area contributed by atoms with Crippen LogP contribution >= 0.6 is 11.3 Å². The zero-order chi connectivity index (χ0) is 16.9. The van der Waals surface area contributed by atoms with Crippen LogP contribution in [0.25, 0.3) is 10.2 Å². The second-order valence-electron chi connectivity index (χ2n) is 5.63. The normalized spacial score (nSPS) is 11.0. The summed E-state index contributed by atoms with van der Waals surface area (Å²) in [7, 11) is 0. The molecule has 0 aliphatic carbocycles. The lowest BCUT2D eigenvalue weighted by atomic mass is 10.2. The Morgan fingerprint density at radius 1 is 1.25 bits per heavy atom. The summed E-state index contributed by atoms with van der Waals surface area (Å²) in [6.45, 7) is 4.41. The Morgan fingerprint density at radius 2 is 2.08 bits per heavy atom. The highest BCUT2D eigenvalue weighted by molar-refractivity contribution is 7.18. The van der Waals surface area contributed by atoms with Crippen molar-refractivity contribution in [3.63, 3.8) is 0 Å². The maximum Gasteiger partial charge on any atom is 0.252 e. The van der Waals surface area contributed by atoms with Crippen LogP contribution < -0.4 is 10.1 Å². The van der Waals surface area contributed by atoms with Crippen LogP contribution in [0.2, 0.25) is 0 Å². The van der Waals surface area contributed by atoms with Crippen molar-refractivity contribution >= 4 is 27.5 Å². The Balaban J connectivity index is 1.53. The smallest absolute Gasteiger partial charge is 0.252 e. The number of carbonyl (C=O) groups excluding carboxylic acids is 1. The molecule has 1 N–H and O–H groups in total. The number of hydrogen-bond acceptors (Lipinski definition) is 5. The summed E-state index contributed by atoms with van der Waals surface area (Å²) in [5.41, 5.74) is 1.53. The highest BCUT2D eigenvalue weighted by Crippen LogP contribution is 2.21. The summed E-state index contributed by atoms with van der Waals surface area (Å²) < 4.78 is 6.64. The van der Waals surface area contributed by atoms with E-state index in [0.29, 0.717) is 24.4 Å². The molecule has 0 atom stereocenters. The molecule has 2 heterocycles. The van der Waals surface area contributed by atoms with E-state index in [1.807, 2.05) is 32.0 Å². The number of pyridine rings is 1. The van der Waals surface area contributed by atoms with Crippen molar-refractivity contribution in [3.8, 4) is 5.88 Å². The van der Waals surface area contributed by atoms with Gasteiger partial charge in [-0.1, -0.05) is 12.1 Å². The van der Waals surface area contributed by atoms with E-state index < -0.39 is 0 Å². The van der Waals surface area contributed by atoms with Gasteiger partial charge in [-0.3, -0.25) is 4.79 Å². The van der Waals surface area contributed by atoms with E-state index in [-0.39, 0.29) is 12.0 Å². The number of ether oxygens (including phenoxy) is 1. The Hall–Kier alpha value is -2.47. The van der Waals surface area contributed by atoms with Crippen LogP contribution in [-0.4, -0.2) is 28.5 Å². The molecule has 0 spiro atoms. The number of benzene rings is 1. The minimum atomic E-state index is -0.139. The molecule has 0 saturated carbocycles. The van der Waals surface area contributed by atoms with Gasteiger partial charge in [0.2, 0.25) is 5.88 Å². The molecule has 124 valence electrons. The van der Waals surface area contributed by atoms with E-state index in [1.165, 1.54) is 10.9 Å². The van der Waals surface area contributed by atoms with Crippen LogP contribution in [0.1, 0.15) is 29.2 Å². The predicted molar refractivity (Wildman–Crippen MR) is 95.7 cm³/mol. The Morgan fingerprint density at radius 3 is 2.79 bits per heavy atom. The monoisotopic (exact) mass is 341 g/mol. The number of amides is 1. The number of hydrogen-bond donors (Lipinski definition) is 1. The Bertz CT molecular complexity index is 795. The van der Waals surface area contributed by atoms with E-state index in [1.54, 1.807) is 23.5 Å². The zero-order valence-electron chi connectivity index (χ0n) is 13.7.